The van der Waals surface area contributed by atoms with Crippen LogP contribution in [0.3, 0.4) is 0 Å². The molecule has 0 atom stereocenters. The van der Waals surface area contributed by atoms with Gasteiger partial charge in [0.25, 0.3) is 11.6 Å². The van der Waals surface area contributed by atoms with E-state index in [1.807, 2.05) is 0 Å². The highest BCUT2D eigenvalue weighted by Crippen LogP contribution is 2.33. The molecule has 0 radical (unpaired) electrons. The minimum atomic E-state index is -0.505. The SMILES string of the molecule is O=C(COc1cccc([N+](=O)[O-])c1Br)N1CCNCC1. The van der Waals surface area contributed by atoms with Gasteiger partial charge in [-0.15, -0.1) is 0 Å². The molecule has 8 heteroatoms. The molecule has 1 fully saturated rings. The van der Waals surface area contributed by atoms with E-state index in [9.17, 15) is 14.9 Å². The fourth-order valence-corrected chi connectivity index (χ4v) is 2.42. The summed E-state index contributed by atoms with van der Waals surface area (Å²) >= 11 is 3.13. The van der Waals surface area contributed by atoms with Gasteiger partial charge in [-0.05, 0) is 22.0 Å². The smallest absolute Gasteiger partial charge is 0.287 e. The van der Waals surface area contributed by atoms with Gasteiger partial charge in [-0.25, -0.2) is 0 Å². The Hall–Kier alpha value is -1.67. The molecule has 1 aliphatic heterocycles. The van der Waals surface area contributed by atoms with Gasteiger partial charge in [-0.1, -0.05) is 6.07 Å². The van der Waals surface area contributed by atoms with Crippen LogP contribution in [0.2, 0.25) is 0 Å². The number of nitrogens with zero attached hydrogens (tertiary/aromatic N) is 2. The molecule has 1 heterocycles. The minimum absolute atomic E-state index is 0.0860. The maximum Gasteiger partial charge on any atom is 0.287 e. The Morgan fingerprint density at radius 3 is 2.80 bits per heavy atom. The van der Waals surface area contributed by atoms with E-state index in [0.717, 1.165) is 13.1 Å². The average Bonchev–Trinajstić information content (AvgIpc) is 2.46. The second-order valence-electron chi connectivity index (χ2n) is 4.27. The summed E-state index contributed by atoms with van der Waals surface area (Å²) in [6.45, 7) is 2.72. The lowest BCUT2D eigenvalue weighted by Gasteiger charge is -2.27. The number of halogens is 1. The molecule has 0 unspecified atom stereocenters. The molecular formula is C12H14BrN3O4. The first kappa shape index (κ1) is 14.7. The molecule has 2 rings (SSSR count). The predicted molar refractivity (Wildman–Crippen MR) is 75.7 cm³/mol. The summed E-state index contributed by atoms with van der Waals surface area (Å²) < 4.78 is 5.63. The molecule has 1 amide bonds. The number of benzene rings is 1. The molecule has 20 heavy (non-hydrogen) atoms. The maximum atomic E-state index is 11.9. The van der Waals surface area contributed by atoms with Gasteiger partial charge in [0.15, 0.2) is 6.61 Å². The lowest BCUT2D eigenvalue weighted by Crippen LogP contribution is -2.47. The van der Waals surface area contributed by atoms with Gasteiger partial charge in [-0.3, -0.25) is 14.9 Å². The number of ether oxygens (including phenoxy) is 1. The number of nitro groups is 1. The van der Waals surface area contributed by atoms with Crippen molar-refractivity contribution in [1.82, 2.24) is 10.2 Å². The van der Waals surface area contributed by atoms with Crippen molar-refractivity contribution in [2.45, 2.75) is 0 Å². The summed E-state index contributed by atoms with van der Waals surface area (Å²) in [6, 6.07) is 4.48. The van der Waals surface area contributed by atoms with Gasteiger partial charge in [0.05, 0.1) is 4.92 Å². The van der Waals surface area contributed by atoms with Crippen molar-refractivity contribution in [3.63, 3.8) is 0 Å². The van der Waals surface area contributed by atoms with E-state index in [-0.39, 0.29) is 22.7 Å². The molecule has 0 bridgehead atoms. The number of hydrogen-bond acceptors (Lipinski definition) is 5. The molecular weight excluding hydrogens is 330 g/mol. The maximum absolute atomic E-state index is 11.9. The molecule has 1 aliphatic rings. The van der Waals surface area contributed by atoms with Gasteiger partial charge in [-0.2, -0.15) is 0 Å². The lowest BCUT2D eigenvalue weighted by molar-refractivity contribution is -0.385. The Bertz CT molecular complexity index is 517. The quantitative estimate of drug-likeness (QED) is 0.655. The normalized spacial score (nSPS) is 14.9. The van der Waals surface area contributed by atoms with Crippen molar-refractivity contribution in [2.75, 3.05) is 32.8 Å². The minimum Gasteiger partial charge on any atom is -0.482 e. The van der Waals surface area contributed by atoms with E-state index >= 15 is 0 Å². The molecule has 7 nitrogen and oxygen atoms in total. The van der Waals surface area contributed by atoms with Crippen LogP contribution in [0.5, 0.6) is 5.75 Å². The van der Waals surface area contributed by atoms with Gasteiger partial charge in [0.1, 0.15) is 10.2 Å². The standard InChI is InChI=1S/C12H14BrN3O4/c13-12-9(16(18)19)2-1-3-10(12)20-8-11(17)15-6-4-14-5-7-15/h1-3,14H,4-8H2. The second-order valence-corrected chi connectivity index (χ2v) is 5.06. The third-order valence-electron chi connectivity index (χ3n) is 2.96. The summed E-state index contributed by atoms with van der Waals surface area (Å²) in [7, 11) is 0. The Morgan fingerprint density at radius 2 is 2.15 bits per heavy atom. The summed E-state index contributed by atoms with van der Waals surface area (Å²) in [4.78, 5) is 23.9. The molecule has 1 saturated heterocycles. The fourth-order valence-electron chi connectivity index (χ4n) is 1.90. The van der Waals surface area contributed by atoms with Gasteiger partial charge < -0.3 is 15.0 Å². The van der Waals surface area contributed by atoms with E-state index < -0.39 is 4.92 Å². The third kappa shape index (κ3) is 3.45. The van der Waals surface area contributed by atoms with Crippen LogP contribution < -0.4 is 10.1 Å². The molecule has 0 spiro atoms. The molecule has 0 aromatic heterocycles. The van der Waals surface area contributed by atoms with Crippen molar-refractivity contribution in [2.24, 2.45) is 0 Å². The number of carbonyl (C=O) groups excluding carboxylic acids is 1. The molecule has 0 saturated carbocycles. The number of nitro benzene ring substituents is 1. The first-order valence-corrected chi connectivity index (χ1v) is 6.93. The number of hydrogen-bond donors (Lipinski definition) is 1. The van der Waals surface area contributed by atoms with Gasteiger partial charge in [0, 0.05) is 32.2 Å². The third-order valence-corrected chi connectivity index (χ3v) is 3.76. The Morgan fingerprint density at radius 1 is 1.45 bits per heavy atom. The van der Waals surface area contributed by atoms with Crippen molar-refractivity contribution < 1.29 is 14.5 Å². The number of nitrogens with one attached hydrogen (secondary N) is 1. The van der Waals surface area contributed by atoms with Crippen molar-refractivity contribution in [3.05, 3.63) is 32.8 Å². The van der Waals surface area contributed by atoms with Gasteiger partial charge in [0.2, 0.25) is 0 Å². The summed E-state index contributed by atoms with van der Waals surface area (Å²) in [6.07, 6.45) is 0. The van der Waals surface area contributed by atoms with E-state index in [2.05, 4.69) is 21.2 Å². The largest absolute Gasteiger partial charge is 0.482 e. The highest BCUT2D eigenvalue weighted by atomic mass is 79.9. The molecule has 108 valence electrons. The van der Waals surface area contributed by atoms with Crippen LogP contribution in [-0.2, 0) is 4.79 Å². The first-order chi connectivity index (χ1) is 9.59. The zero-order valence-electron chi connectivity index (χ0n) is 10.7. The summed E-state index contributed by atoms with van der Waals surface area (Å²) in [5.74, 6) is 0.174. The second kappa shape index (κ2) is 6.67. The number of piperazine rings is 1. The van der Waals surface area contributed by atoms with E-state index in [0.29, 0.717) is 18.8 Å². The highest BCUT2D eigenvalue weighted by molar-refractivity contribution is 9.10. The average molecular weight is 344 g/mol. The number of amides is 1. The first-order valence-electron chi connectivity index (χ1n) is 6.14. The monoisotopic (exact) mass is 343 g/mol. The van der Waals surface area contributed by atoms with Crippen LogP contribution in [0.1, 0.15) is 0 Å². The van der Waals surface area contributed by atoms with E-state index in [1.54, 1.807) is 11.0 Å². The topological polar surface area (TPSA) is 84.7 Å². The highest BCUT2D eigenvalue weighted by Gasteiger charge is 2.19. The Kier molecular flexibility index (Phi) is 4.91. The molecule has 1 aromatic rings. The van der Waals surface area contributed by atoms with Crippen molar-refractivity contribution in [1.29, 1.82) is 0 Å². The Balaban J connectivity index is 1.98. The summed E-state index contributed by atoms with van der Waals surface area (Å²) in [5, 5.41) is 14.0. The molecule has 1 N–H and O–H groups in total. The number of rotatable bonds is 4. The van der Waals surface area contributed by atoms with E-state index in [4.69, 9.17) is 4.74 Å². The van der Waals surface area contributed by atoms with Gasteiger partial charge >= 0.3 is 0 Å². The van der Waals surface area contributed by atoms with Crippen LogP contribution in [0.15, 0.2) is 22.7 Å². The van der Waals surface area contributed by atoms with Crippen molar-refractivity contribution in [3.8, 4) is 5.75 Å². The predicted octanol–water partition coefficient (Wildman–Crippen LogP) is 1.17. The van der Waals surface area contributed by atoms with Crippen LogP contribution in [0.25, 0.3) is 0 Å². The zero-order chi connectivity index (χ0) is 14.5. The van der Waals surface area contributed by atoms with Crippen LogP contribution in [0, 0.1) is 10.1 Å². The molecule has 0 aliphatic carbocycles. The number of carbonyl (C=O) groups is 1. The fraction of sp³-hybridized carbons (Fsp3) is 0.417. The Labute approximate surface area is 124 Å². The zero-order valence-corrected chi connectivity index (χ0v) is 12.3. The molecule has 1 aromatic carbocycles. The summed E-state index contributed by atoms with van der Waals surface area (Å²) in [5.41, 5.74) is -0.0860. The van der Waals surface area contributed by atoms with Crippen LogP contribution in [-0.4, -0.2) is 48.5 Å². The van der Waals surface area contributed by atoms with Crippen LogP contribution in [0.4, 0.5) is 5.69 Å². The van der Waals surface area contributed by atoms with Crippen molar-refractivity contribution >= 4 is 27.5 Å². The lowest BCUT2D eigenvalue weighted by atomic mass is 10.3. The van der Waals surface area contributed by atoms with E-state index in [1.165, 1.54) is 12.1 Å². The van der Waals surface area contributed by atoms with Crippen LogP contribution >= 0.6 is 15.9 Å².